The molecule has 5 rings (SSSR count). The summed E-state index contributed by atoms with van der Waals surface area (Å²) in [6.07, 6.45) is 0.0415. The number of carbonyl (C=O) groups is 1. The Labute approximate surface area is 181 Å². The van der Waals surface area contributed by atoms with E-state index in [2.05, 4.69) is 4.98 Å². The average Bonchev–Trinajstić information content (AvgIpc) is 3.14. The van der Waals surface area contributed by atoms with Crippen LogP contribution in [0.15, 0.2) is 23.0 Å². The standard InChI is InChI=1S/C23H21FN2O6/c1-3-23(30)16-5-19-20-13(7-26(19)21(28)15(16)9-32-22(23)29)14(8-31-10-27)12-4-11(2)17(24)6-18(12)25-20/h4-6,27,30H,3,7-10H2,1-2H3/t23-/m0/s1. The summed E-state index contributed by atoms with van der Waals surface area (Å²) in [6.45, 7) is 2.81. The fourth-order valence-corrected chi connectivity index (χ4v) is 4.60. The molecule has 1 aromatic carbocycles. The van der Waals surface area contributed by atoms with Crippen LogP contribution in [0, 0.1) is 12.7 Å². The number of hydrogen-bond acceptors (Lipinski definition) is 7. The fraction of sp³-hybridized carbons (Fsp3) is 0.348. The van der Waals surface area contributed by atoms with Crippen molar-refractivity contribution in [3.63, 3.8) is 0 Å². The molecule has 3 aromatic rings. The molecule has 4 heterocycles. The largest absolute Gasteiger partial charge is 0.458 e. The van der Waals surface area contributed by atoms with Crippen LogP contribution in [0.25, 0.3) is 22.3 Å². The van der Waals surface area contributed by atoms with Crippen molar-refractivity contribution >= 4 is 16.9 Å². The van der Waals surface area contributed by atoms with Crippen LogP contribution < -0.4 is 5.56 Å². The van der Waals surface area contributed by atoms with Gasteiger partial charge in [-0.05, 0) is 36.6 Å². The molecular weight excluding hydrogens is 419 g/mol. The summed E-state index contributed by atoms with van der Waals surface area (Å²) in [5.41, 5.74) is 1.25. The van der Waals surface area contributed by atoms with E-state index in [4.69, 9.17) is 9.47 Å². The van der Waals surface area contributed by atoms with Crippen molar-refractivity contribution in [1.29, 1.82) is 0 Å². The van der Waals surface area contributed by atoms with Crippen molar-refractivity contribution in [2.24, 2.45) is 0 Å². The fourth-order valence-electron chi connectivity index (χ4n) is 4.60. The molecule has 2 aliphatic heterocycles. The zero-order valence-corrected chi connectivity index (χ0v) is 17.6. The molecule has 0 saturated carbocycles. The van der Waals surface area contributed by atoms with Gasteiger partial charge in [-0.2, -0.15) is 0 Å². The van der Waals surface area contributed by atoms with Crippen LogP contribution in [-0.4, -0.2) is 32.5 Å². The zero-order valence-electron chi connectivity index (χ0n) is 17.6. The molecule has 0 spiro atoms. The minimum Gasteiger partial charge on any atom is -0.458 e. The predicted molar refractivity (Wildman–Crippen MR) is 111 cm³/mol. The van der Waals surface area contributed by atoms with E-state index in [9.17, 15) is 24.2 Å². The number of pyridine rings is 2. The molecule has 32 heavy (non-hydrogen) atoms. The van der Waals surface area contributed by atoms with Crippen molar-refractivity contribution in [2.75, 3.05) is 6.79 Å². The maximum absolute atomic E-state index is 14.3. The molecule has 2 aliphatic rings. The first kappa shape index (κ1) is 20.7. The van der Waals surface area contributed by atoms with Crippen LogP contribution in [0.4, 0.5) is 4.39 Å². The lowest BCUT2D eigenvalue weighted by molar-refractivity contribution is -0.172. The maximum atomic E-state index is 14.3. The second-order valence-corrected chi connectivity index (χ2v) is 8.12. The van der Waals surface area contributed by atoms with E-state index < -0.39 is 24.2 Å². The number of esters is 1. The number of aromatic nitrogens is 2. The Hall–Kier alpha value is -3.14. The van der Waals surface area contributed by atoms with Crippen LogP contribution in [0.5, 0.6) is 0 Å². The van der Waals surface area contributed by atoms with Gasteiger partial charge in [0.2, 0.25) is 0 Å². The van der Waals surface area contributed by atoms with Gasteiger partial charge in [-0.25, -0.2) is 14.2 Å². The third-order valence-electron chi connectivity index (χ3n) is 6.42. The minimum atomic E-state index is -1.92. The van der Waals surface area contributed by atoms with Crippen molar-refractivity contribution in [3.05, 3.63) is 62.2 Å². The van der Waals surface area contributed by atoms with Crippen LogP contribution in [0.3, 0.4) is 0 Å². The Morgan fingerprint density at radius 1 is 1.28 bits per heavy atom. The van der Waals surface area contributed by atoms with Crippen LogP contribution in [-0.2, 0) is 39.6 Å². The Morgan fingerprint density at radius 3 is 2.78 bits per heavy atom. The normalized spacial score (nSPS) is 19.0. The smallest absolute Gasteiger partial charge is 0.343 e. The quantitative estimate of drug-likeness (QED) is 0.369. The van der Waals surface area contributed by atoms with Gasteiger partial charge in [-0.3, -0.25) is 4.79 Å². The molecule has 0 fully saturated rings. The molecule has 2 N–H and O–H groups in total. The number of cyclic esters (lactones) is 1. The van der Waals surface area contributed by atoms with Crippen molar-refractivity contribution < 1.29 is 28.9 Å². The molecule has 0 unspecified atom stereocenters. The van der Waals surface area contributed by atoms with Gasteiger partial charge in [0, 0.05) is 22.6 Å². The maximum Gasteiger partial charge on any atom is 0.343 e. The number of benzene rings is 1. The second-order valence-electron chi connectivity index (χ2n) is 8.12. The van der Waals surface area contributed by atoms with Crippen molar-refractivity contribution in [1.82, 2.24) is 9.55 Å². The third kappa shape index (κ3) is 2.75. The molecule has 9 heteroatoms. The van der Waals surface area contributed by atoms with Gasteiger partial charge in [-0.15, -0.1) is 0 Å². The van der Waals surface area contributed by atoms with E-state index in [1.165, 1.54) is 10.6 Å². The number of halogens is 1. The molecule has 0 radical (unpaired) electrons. The molecule has 166 valence electrons. The number of aliphatic hydroxyl groups is 2. The Balaban J connectivity index is 1.81. The van der Waals surface area contributed by atoms with Gasteiger partial charge in [0.05, 0.1) is 35.6 Å². The number of carbonyl (C=O) groups excluding carboxylic acids is 1. The average molecular weight is 440 g/mol. The first-order valence-corrected chi connectivity index (χ1v) is 10.3. The number of fused-ring (bicyclic) bond motifs is 5. The highest BCUT2D eigenvalue weighted by Crippen LogP contribution is 2.40. The Morgan fingerprint density at radius 2 is 2.06 bits per heavy atom. The third-order valence-corrected chi connectivity index (χ3v) is 6.42. The highest BCUT2D eigenvalue weighted by atomic mass is 19.1. The van der Waals surface area contributed by atoms with Gasteiger partial charge in [0.15, 0.2) is 5.60 Å². The Bertz CT molecular complexity index is 1370. The van der Waals surface area contributed by atoms with Gasteiger partial charge in [-0.1, -0.05) is 6.92 Å². The second kappa shape index (κ2) is 7.19. The van der Waals surface area contributed by atoms with Crippen molar-refractivity contribution in [3.8, 4) is 11.4 Å². The highest BCUT2D eigenvalue weighted by molar-refractivity contribution is 5.89. The van der Waals surface area contributed by atoms with E-state index in [1.54, 1.807) is 26.0 Å². The number of ether oxygens (including phenoxy) is 2. The van der Waals surface area contributed by atoms with Crippen LogP contribution in [0.1, 0.15) is 41.2 Å². The van der Waals surface area contributed by atoms with E-state index in [-0.39, 0.29) is 42.9 Å². The van der Waals surface area contributed by atoms with Crippen LogP contribution in [0.2, 0.25) is 0 Å². The van der Waals surface area contributed by atoms with Gasteiger partial charge in [0.25, 0.3) is 5.56 Å². The monoisotopic (exact) mass is 440 g/mol. The highest BCUT2D eigenvalue weighted by Gasteiger charge is 2.45. The lowest BCUT2D eigenvalue weighted by Crippen LogP contribution is -2.44. The number of hydrogen-bond donors (Lipinski definition) is 2. The molecule has 0 aliphatic carbocycles. The zero-order chi connectivity index (χ0) is 22.8. The first-order valence-electron chi connectivity index (χ1n) is 10.3. The van der Waals surface area contributed by atoms with E-state index in [0.29, 0.717) is 39.0 Å². The van der Waals surface area contributed by atoms with E-state index in [1.807, 2.05) is 0 Å². The summed E-state index contributed by atoms with van der Waals surface area (Å²) >= 11 is 0. The summed E-state index contributed by atoms with van der Waals surface area (Å²) in [4.78, 5) is 30.3. The molecule has 2 aromatic heterocycles. The number of nitrogens with zero attached hydrogens (tertiary/aromatic N) is 2. The van der Waals surface area contributed by atoms with Gasteiger partial charge < -0.3 is 24.3 Å². The summed E-state index contributed by atoms with van der Waals surface area (Å²) in [6, 6.07) is 4.60. The topological polar surface area (TPSA) is 111 Å². The predicted octanol–water partition coefficient (Wildman–Crippen LogP) is 1.99. The SMILES string of the molecule is CC[C@@]1(O)C(=O)OCc2c1cc1n(c2=O)Cc2c-1nc1cc(F)c(C)cc1c2COCO. The Kier molecular flexibility index (Phi) is 4.66. The number of aryl methyl sites for hydroxylation is 1. The number of rotatable bonds is 4. The summed E-state index contributed by atoms with van der Waals surface area (Å²) in [7, 11) is 0. The summed E-state index contributed by atoms with van der Waals surface area (Å²) in [5, 5.41) is 20.8. The van der Waals surface area contributed by atoms with Gasteiger partial charge in [0.1, 0.15) is 19.2 Å². The molecule has 1 atom stereocenters. The lowest BCUT2D eigenvalue weighted by atomic mass is 9.86. The van der Waals surface area contributed by atoms with Crippen molar-refractivity contribution in [2.45, 2.75) is 45.6 Å². The van der Waals surface area contributed by atoms with E-state index >= 15 is 0 Å². The molecular formula is C23H21FN2O6. The number of aliphatic hydroxyl groups excluding tert-OH is 1. The molecule has 0 bridgehead atoms. The summed E-state index contributed by atoms with van der Waals surface area (Å²) < 4.78 is 26.2. The van der Waals surface area contributed by atoms with Gasteiger partial charge >= 0.3 is 5.97 Å². The molecule has 0 amide bonds. The molecule has 0 saturated heterocycles. The van der Waals surface area contributed by atoms with Crippen LogP contribution >= 0.6 is 0 Å². The lowest BCUT2D eigenvalue weighted by Gasteiger charge is -2.31. The molecule has 8 nitrogen and oxygen atoms in total. The van der Waals surface area contributed by atoms with E-state index in [0.717, 1.165) is 0 Å². The first-order chi connectivity index (χ1) is 15.3. The summed E-state index contributed by atoms with van der Waals surface area (Å²) in [5.74, 6) is -1.21. The minimum absolute atomic E-state index is 0.0415.